The number of allylic oxidation sites excluding steroid dienone is 1. The highest BCUT2D eigenvalue weighted by atomic mass is 19.2. The van der Waals surface area contributed by atoms with Gasteiger partial charge in [-0.3, -0.25) is 0 Å². The van der Waals surface area contributed by atoms with Gasteiger partial charge in [0, 0.05) is 11.1 Å². The second kappa shape index (κ2) is 10.3. The number of hydrogen-bond donors (Lipinski definition) is 0. The molecule has 2 fully saturated rings. The normalized spacial score (nSPS) is 24.2. The fourth-order valence-electron chi connectivity index (χ4n) is 6.11. The van der Waals surface area contributed by atoms with E-state index < -0.39 is 23.3 Å². The molecule has 0 radical (unpaired) electrons. The summed E-state index contributed by atoms with van der Waals surface area (Å²) < 4.78 is 64.7. The number of halogens is 4. The van der Waals surface area contributed by atoms with Gasteiger partial charge < -0.3 is 4.74 Å². The zero-order chi connectivity index (χ0) is 23.5. The van der Waals surface area contributed by atoms with Crippen LogP contribution in [0.25, 0.3) is 11.1 Å². The lowest BCUT2D eigenvalue weighted by Crippen LogP contribution is -2.14. The highest BCUT2D eigenvalue weighted by Crippen LogP contribution is 2.56. The van der Waals surface area contributed by atoms with E-state index in [1.165, 1.54) is 24.6 Å². The maximum Gasteiger partial charge on any atom is 0.201 e. The number of benzene rings is 2. The Kier molecular flexibility index (Phi) is 7.45. The summed E-state index contributed by atoms with van der Waals surface area (Å²) in [7, 11) is 0. The van der Waals surface area contributed by atoms with Gasteiger partial charge in [-0.15, -0.1) is 6.58 Å². The highest BCUT2D eigenvalue weighted by molar-refractivity contribution is 5.67. The molecule has 4 rings (SSSR count). The van der Waals surface area contributed by atoms with E-state index in [1.807, 2.05) is 13.0 Å². The molecular formula is C28H32F4O. The monoisotopic (exact) mass is 460 g/mol. The van der Waals surface area contributed by atoms with Crippen LogP contribution >= 0.6 is 0 Å². The summed E-state index contributed by atoms with van der Waals surface area (Å²) in [6.07, 6.45) is 9.96. The van der Waals surface area contributed by atoms with Crippen molar-refractivity contribution in [1.82, 2.24) is 0 Å². The molecule has 0 amide bonds. The first kappa shape index (κ1) is 23.8. The Bertz CT molecular complexity index is 1000. The van der Waals surface area contributed by atoms with Crippen LogP contribution in [0.3, 0.4) is 0 Å². The molecule has 0 spiro atoms. The Morgan fingerprint density at radius 2 is 1.58 bits per heavy atom. The van der Waals surface area contributed by atoms with Crippen LogP contribution in [-0.2, 0) is 0 Å². The lowest BCUT2D eigenvalue weighted by Gasteiger charge is -2.22. The van der Waals surface area contributed by atoms with Crippen molar-refractivity contribution in [2.75, 3.05) is 6.61 Å². The number of hydrogen-bond acceptors (Lipinski definition) is 1. The summed E-state index contributed by atoms with van der Waals surface area (Å²) in [5.74, 6) is -3.13. The Hall–Kier alpha value is -2.30. The maximum absolute atomic E-state index is 15.3. The molecule has 0 saturated heterocycles. The van der Waals surface area contributed by atoms with Gasteiger partial charge in [-0.05, 0) is 92.7 Å². The quantitative estimate of drug-likeness (QED) is 0.207. The zero-order valence-corrected chi connectivity index (χ0v) is 19.2. The Balaban J connectivity index is 1.57. The second-order valence-electron chi connectivity index (χ2n) is 9.49. The van der Waals surface area contributed by atoms with Gasteiger partial charge in [0.2, 0.25) is 5.82 Å². The van der Waals surface area contributed by atoms with Crippen molar-refractivity contribution in [2.45, 2.75) is 64.2 Å². The third kappa shape index (κ3) is 4.56. The molecule has 2 aliphatic carbocycles. The molecule has 2 aromatic carbocycles. The third-order valence-corrected chi connectivity index (χ3v) is 7.65. The van der Waals surface area contributed by atoms with Gasteiger partial charge in [-0.2, -0.15) is 4.39 Å². The molecule has 0 N–H and O–H groups in total. The maximum atomic E-state index is 15.3. The molecule has 0 bridgehead atoms. The van der Waals surface area contributed by atoms with Crippen molar-refractivity contribution >= 4 is 0 Å². The molecule has 2 aromatic rings. The summed E-state index contributed by atoms with van der Waals surface area (Å²) in [6, 6.07) is 5.48. The lowest BCUT2D eigenvalue weighted by molar-refractivity contribution is 0.295. The first-order chi connectivity index (χ1) is 16.0. The van der Waals surface area contributed by atoms with Crippen LogP contribution in [0.4, 0.5) is 17.6 Å². The van der Waals surface area contributed by atoms with E-state index >= 15 is 8.78 Å². The Morgan fingerprint density at radius 1 is 0.879 bits per heavy atom. The molecule has 1 nitrogen and oxygen atoms in total. The van der Waals surface area contributed by atoms with Crippen LogP contribution in [-0.4, -0.2) is 6.61 Å². The molecule has 0 aromatic heterocycles. The molecule has 178 valence electrons. The first-order valence-electron chi connectivity index (χ1n) is 12.2. The van der Waals surface area contributed by atoms with Crippen LogP contribution in [0.5, 0.6) is 5.75 Å². The van der Waals surface area contributed by atoms with E-state index in [0.29, 0.717) is 29.7 Å². The number of ether oxygens (including phenoxy) is 1. The predicted octanol–water partition coefficient (Wildman–Crippen LogP) is 8.57. The van der Waals surface area contributed by atoms with Crippen LogP contribution in [0.1, 0.15) is 69.8 Å². The zero-order valence-electron chi connectivity index (χ0n) is 19.2. The van der Waals surface area contributed by atoms with E-state index in [0.717, 1.165) is 38.5 Å². The Labute approximate surface area is 193 Å². The van der Waals surface area contributed by atoms with E-state index in [-0.39, 0.29) is 29.4 Å². The van der Waals surface area contributed by atoms with Crippen LogP contribution in [0.15, 0.2) is 36.9 Å². The molecule has 0 heterocycles. The largest absolute Gasteiger partial charge is 0.490 e. The molecular weight excluding hydrogens is 428 g/mol. The fourth-order valence-corrected chi connectivity index (χ4v) is 6.11. The number of fused-ring (bicyclic) bond motifs is 1. The van der Waals surface area contributed by atoms with Gasteiger partial charge in [0.15, 0.2) is 23.2 Å². The van der Waals surface area contributed by atoms with Crippen LogP contribution in [0, 0.1) is 41.0 Å². The van der Waals surface area contributed by atoms with Crippen LogP contribution < -0.4 is 4.74 Å². The smallest absolute Gasteiger partial charge is 0.201 e. The molecule has 4 unspecified atom stereocenters. The summed E-state index contributed by atoms with van der Waals surface area (Å²) in [4.78, 5) is 0. The SMILES string of the molecule is C=CCCCC1CCC2C(c3ccc(-c4ccc(OCCC)c(F)c4F)c(F)c3F)CCC12. The van der Waals surface area contributed by atoms with Gasteiger partial charge in [0.25, 0.3) is 0 Å². The van der Waals surface area contributed by atoms with E-state index in [4.69, 9.17) is 4.74 Å². The van der Waals surface area contributed by atoms with Gasteiger partial charge >= 0.3 is 0 Å². The second-order valence-corrected chi connectivity index (χ2v) is 9.49. The molecule has 33 heavy (non-hydrogen) atoms. The molecule has 2 aliphatic rings. The van der Waals surface area contributed by atoms with Gasteiger partial charge in [0.05, 0.1) is 6.61 Å². The minimum absolute atomic E-state index is 0.0191. The molecule has 5 heteroatoms. The summed E-state index contributed by atoms with van der Waals surface area (Å²) in [5, 5.41) is 0. The standard InChI is InChI=1S/C28H32F4O/c1-3-5-6-7-17-8-9-19-18(17)10-11-20(19)21-12-13-22(26(30)25(21)29)23-14-15-24(33-16-4-2)28(32)27(23)31/h3,12-15,17-20H,1,4-11,16H2,2H3. The third-order valence-electron chi connectivity index (χ3n) is 7.65. The minimum atomic E-state index is -1.23. The van der Waals surface area contributed by atoms with Gasteiger partial charge in [0.1, 0.15) is 0 Å². The average molecular weight is 461 g/mol. The summed E-state index contributed by atoms with van der Waals surface area (Å²) in [6.45, 7) is 5.88. The van der Waals surface area contributed by atoms with Gasteiger partial charge in [-0.25, -0.2) is 13.2 Å². The fraction of sp³-hybridized carbons (Fsp3) is 0.500. The predicted molar refractivity (Wildman–Crippen MR) is 123 cm³/mol. The molecule has 2 saturated carbocycles. The minimum Gasteiger partial charge on any atom is -0.490 e. The van der Waals surface area contributed by atoms with E-state index in [9.17, 15) is 8.78 Å². The molecule has 0 aliphatic heterocycles. The average Bonchev–Trinajstić information content (AvgIpc) is 3.40. The summed E-state index contributed by atoms with van der Waals surface area (Å²) in [5.41, 5.74) is -0.191. The van der Waals surface area contributed by atoms with Crippen molar-refractivity contribution in [1.29, 1.82) is 0 Å². The number of unbranched alkanes of at least 4 members (excludes halogenated alkanes) is 1. The van der Waals surface area contributed by atoms with Crippen molar-refractivity contribution in [3.05, 3.63) is 65.8 Å². The molecule has 4 atom stereocenters. The van der Waals surface area contributed by atoms with Crippen LogP contribution in [0.2, 0.25) is 0 Å². The Morgan fingerprint density at radius 3 is 2.30 bits per heavy atom. The summed E-state index contributed by atoms with van der Waals surface area (Å²) >= 11 is 0. The van der Waals surface area contributed by atoms with E-state index in [2.05, 4.69) is 6.58 Å². The highest BCUT2D eigenvalue weighted by Gasteiger charge is 2.45. The van der Waals surface area contributed by atoms with E-state index in [1.54, 1.807) is 6.07 Å². The van der Waals surface area contributed by atoms with Crippen molar-refractivity contribution < 1.29 is 22.3 Å². The van der Waals surface area contributed by atoms with Crippen molar-refractivity contribution in [2.24, 2.45) is 17.8 Å². The topological polar surface area (TPSA) is 9.23 Å². The van der Waals surface area contributed by atoms with Gasteiger partial charge in [-0.1, -0.05) is 25.1 Å². The number of rotatable bonds is 9. The lowest BCUT2D eigenvalue weighted by atomic mass is 9.83. The first-order valence-corrected chi connectivity index (χ1v) is 12.2. The van der Waals surface area contributed by atoms with Crippen molar-refractivity contribution in [3.63, 3.8) is 0 Å². The van der Waals surface area contributed by atoms with Crippen molar-refractivity contribution in [3.8, 4) is 16.9 Å².